The molecule has 4 rings (SSSR count). The van der Waals surface area contributed by atoms with E-state index >= 15 is 0 Å². The van der Waals surface area contributed by atoms with Gasteiger partial charge in [-0.3, -0.25) is 0 Å². The van der Waals surface area contributed by atoms with Crippen molar-refractivity contribution in [3.63, 3.8) is 0 Å². The number of rotatable bonds is 3. The molecule has 4 nitrogen and oxygen atoms in total. The van der Waals surface area contributed by atoms with Gasteiger partial charge in [0.1, 0.15) is 0 Å². The lowest BCUT2D eigenvalue weighted by molar-refractivity contribution is 0.207. The van der Waals surface area contributed by atoms with Gasteiger partial charge < -0.3 is 15.1 Å². The van der Waals surface area contributed by atoms with Crippen LogP contribution in [-0.4, -0.2) is 42.1 Å². The molecule has 0 aliphatic carbocycles. The number of carbonyl (C=O) groups is 1. The number of carbonyl (C=O) groups excluding carboxylic acids is 1. The van der Waals surface area contributed by atoms with Crippen LogP contribution in [0.4, 0.5) is 16.2 Å². The van der Waals surface area contributed by atoms with Crippen LogP contribution < -0.4 is 10.2 Å². The van der Waals surface area contributed by atoms with Crippen molar-refractivity contribution < 1.29 is 4.79 Å². The summed E-state index contributed by atoms with van der Waals surface area (Å²) >= 11 is 2.02. The minimum atomic E-state index is 0.0102. The van der Waals surface area contributed by atoms with Gasteiger partial charge in [-0.2, -0.15) is 11.8 Å². The Labute approximate surface area is 172 Å². The Bertz CT molecular complexity index is 847. The number of benzene rings is 2. The third kappa shape index (κ3) is 4.00. The third-order valence-corrected chi connectivity index (χ3v) is 6.83. The summed E-state index contributed by atoms with van der Waals surface area (Å²) in [5.41, 5.74) is 5.82. The SMILES string of the molecule is Cc1cc(N2CCSCC2)ccc1NC(=O)N1CCCC1c1ccccc1C. The lowest BCUT2D eigenvalue weighted by Crippen LogP contribution is -2.35. The molecule has 1 unspecified atom stereocenters. The number of urea groups is 1. The molecule has 0 radical (unpaired) electrons. The lowest BCUT2D eigenvalue weighted by Gasteiger charge is -2.29. The van der Waals surface area contributed by atoms with Gasteiger partial charge in [0.25, 0.3) is 0 Å². The number of thioether (sulfide) groups is 1. The van der Waals surface area contributed by atoms with Crippen LogP contribution in [-0.2, 0) is 0 Å². The first-order valence-corrected chi connectivity index (χ1v) is 11.4. The number of nitrogens with zero attached hydrogens (tertiary/aromatic N) is 2. The van der Waals surface area contributed by atoms with E-state index in [1.165, 1.54) is 28.3 Å². The van der Waals surface area contributed by atoms with E-state index in [4.69, 9.17) is 0 Å². The molecule has 0 saturated carbocycles. The molecule has 1 N–H and O–H groups in total. The van der Waals surface area contributed by atoms with E-state index in [9.17, 15) is 4.79 Å². The number of hydrogen-bond acceptors (Lipinski definition) is 3. The van der Waals surface area contributed by atoms with E-state index in [-0.39, 0.29) is 12.1 Å². The third-order valence-electron chi connectivity index (χ3n) is 5.89. The zero-order valence-corrected chi connectivity index (χ0v) is 17.6. The minimum Gasteiger partial charge on any atom is -0.370 e. The van der Waals surface area contributed by atoms with E-state index in [0.29, 0.717) is 0 Å². The summed E-state index contributed by atoms with van der Waals surface area (Å²) in [6, 6.07) is 15.0. The fraction of sp³-hybridized carbons (Fsp3) is 0.435. The second-order valence-corrected chi connectivity index (χ2v) is 8.96. The first kappa shape index (κ1) is 19.2. The van der Waals surface area contributed by atoms with Gasteiger partial charge in [-0.15, -0.1) is 0 Å². The normalized spacial score (nSPS) is 19.7. The van der Waals surface area contributed by atoms with Crippen molar-refractivity contribution in [3.05, 3.63) is 59.2 Å². The zero-order valence-electron chi connectivity index (χ0n) is 16.8. The highest BCUT2D eigenvalue weighted by molar-refractivity contribution is 7.99. The summed E-state index contributed by atoms with van der Waals surface area (Å²) in [6.45, 7) is 7.23. The Morgan fingerprint density at radius 3 is 2.57 bits per heavy atom. The zero-order chi connectivity index (χ0) is 19.5. The van der Waals surface area contributed by atoms with Gasteiger partial charge in [0.2, 0.25) is 0 Å². The van der Waals surface area contributed by atoms with Crippen molar-refractivity contribution in [2.45, 2.75) is 32.7 Å². The topological polar surface area (TPSA) is 35.6 Å². The number of hydrogen-bond donors (Lipinski definition) is 1. The number of anilines is 2. The van der Waals surface area contributed by atoms with Crippen molar-refractivity contribution in [1.82, 2.24) is 4.90 Å². The van der Waals surface area contributed by atoms with E-state index in [1.54, 1.807) is 0 Å². The van der Waals surface area contributed by atoms with Crippen molar-refractivity contribution in [3.8, 4) is 0 Å². The largest absolute Gasteiger partial charge is 0.370 e. The van der Waals surface area contributed by atoms with E-state index in [1.807, 2.05) is 16.7 Å². The minimum absolute atomic E-state index is 0.0102. The standard InChI is InChI=1S/C23H29N3OS/c1-17-6-3-4-7-20(17)22-8-5-11-26(22)23(27)24-21-10-9-19(16-18(21)2)25-12-14-28-15-13-25/h3-4,6-7,9-10,16,22H,5,8,11-15H2,1-2H3,(H,24,27). The number of likely N-dealkylation sites (tertiary alicyclic amines) is 1. The Kier molecular flexibility index (Phi) is 5.81. The Balaban J connectivity index is 1.47. The highest BCUT2D eigenvalue weighted by Gasteiger charge is 2.31. The van der Waals surface area contributed by atoms with Crippen LogP contribution in [0.5, 0.6) is 0 Å². The fourth-order valence-electron chi connectivity index (χ4n) is 4.29. The smallest absolute Gasteiger partial charge is 0.322 e. The highest BCUT2D eigenvalue weighted by atomic mass is 32.2. The van der Waals surface area contributed by atoms with Gasteiger partial charge >= 0.3 is 6.03 Å². The second kappa shape index (κ2) is 8.48. The quantitative estimate of drug-likeness (QED) is 0.773. The Morgan fingerprint density at radius 1 is 1.04 bits per heavy atom. The van der Waals surface area contributed by atoms with Crippen molar-refractivity contribution in [1.29, 1.82) is 0 Å². The van der Waals surface area contributed by atoms with Gasteiger partial charge in [-0.05, 0) is 61.6 Å². The monoisotopic (exact) mass is 395 g/mol. The molecule has 2 aliphatic heterocycles. The highest BCUT2D eigenvalue weighted by Crippen LogP contribution is 2.34. The summed E-state index contributed by atoms with van der Waals surface area (Å²) < 4.78 is 0. The maximum absolute atomic E-state index is 13.1. The molecular formula is C23H29N3OS. The van der Waals surface area contributed by atoms with Crippen LogP contribution in [0.25, 0.3) is 0 Å². The van der Waals surface area contributed by atoms with Crippen LogP contribution in [0.15, 0.2) is 42.5 Å². The molecule has 2 heterocycles. The molecule has 0 aromatic heterocycles. The van der Waals surface area contributed by atoms with Crippen LogP contribution >= 0.6 is 11.8 Å². The summed E-state index contributed by atoms with van der Waals surface area (Å²) in [4.78, 5) is 17.5. The molecule has 2 aromatic carbocycles. The van der Waals surface area contributed by atoms with Gasteiger partial charge in [0.15, 0.2) is 0 Å². The fourth-order valence-corrected chi connectivity index (χ4v) is 5.19. The molecule has 1 atom stereocenters. The molecule has 5 heteroatoms. The van der Waals surface area contributed by atoms with Gasteiger partial charge in [-0.1, -0.05) is 24.3 Å². The van der Waals surface area contributed by atoms with E-state index in [2.05, 4.69) is 66.5 Å². The number of aryl methyl sites for hydroxylation is 2. The maximum Gasteiger partial charge on any atom is 0.322 e. The number of amides is 2. The van der Waals surface area contributed by atoms with Crippen LogP contribution in [0.3, 0.4) is 0 Å². The number of nitrogens with one attached hydrogen (secondary N) is 1. The Morgan fingerprint density at radius 2 is 1.82 bits per heavy atom. The molecule has 28 heavy (non-hydrogen) atoms. The van der Waals surface area contributed by atoms with Crippen LogP contribution in [0.1, 0.15) is 35.6 Å². The molecule has 2 aliphatic rings. The molecular weight excluding hydrogens is 366 g/mol. The predicted octanol–water partition coefficient (Wildman–Crippen LogP) is 5.23. The molecule has 2 fully saturated rings. The summed E-state index contributed by atoms with van der Waals surface area (Å²) in [7, 11) is 0. The average molecular weight is 396 g/mol. The first-order chi connectivity index (χ1) is 13.6. The first-order valence-electron chi connectivity index (χ1n) is 10.2. The summed E-state index contributed by atoms with van der Waals surface area (Å²) in [5.74, 6) is 2.37. The molecule has 148 valence electrons. The van der Waals surface area contributed by atoms with Crippen LogP contribution in [0, 0.1) is 13.8 Å². The summed E-state index contributed by atoms with van der Waals surface area (Å²) in [6.07, 6.45) is 2.08. The van der Waals surface area contributed by atoms with Crippen LogP contribution in [0.2, 0.25) is 0 Å². The average Bonchev–Trinajstić information content (AvgIpc) is 3.20. The molecule has 2 aromatic rings. The van der Waals surface area contributed by atoms with Gasteiger partial charge in [-0.25, -0.2) is 4.79 Å². The molecule has 0 bridgehead atoms. The maximum atomic E-state index is 13.1. The molecule has 2 saturated heterocycles. The Hall–Kier alpha value is -2.14. The lowest BCUT2D eigenvalue weighted by atomic mass is 9.99. The van der Waals surface area contributed by atoms with Gasteiger partial charge in [0, 0.05) is 42.5 Å². The van der Waals surface area contributed by atoms with Crippen molar-refractivity contribution >= 4 is 29.2 Å². The molecule has 2 amide bonds. The predicted molar refractivity (Wildman–Crippen MR) is 120 cm³/mol. The van der Waals surface area contributed by atoms with E-state index in [0.717, 1.165) is 43.7 Å². The molecule has 0 spiro atoms. The summed E-state index contributed by atoms with van der Waals surface area (Å²) in [5, 5.41) is 3.17. The van der Waals surface area contributed by atoms with Gasteiger partial charge in [0.05, 0.1) is 6.04 Å². The van der Waals surface area contributed by atoms with Crippen molar-refractivity contribution in [2.75, 3.05) is 41.4 Å². The van der Waals surface area contributed by atoms with E-state index < -0.39 is 0 Å². The van der Waals surface area contributed by atoms with Crippen molar-refractivity contribution in [2.24, 2.45) is 0 Å². The second-order valence-electron chi connectivity index (χ2n) is 7.74.